The zero-order valence-corrected chi connectivity index (χ0v) is 14.9. The molecular formula is C20H32O4. The number of hydrogen-bond donors (Lipinski definition) is 4. The molecule has 2 fully saturated rings. The summed E-state index contributed by atoms with van der Waals surface area (Å²) in [5.41, 5.74) is 1.32. The highest BCUT2D eigenvalue weighted by atomic mass is 16.3. The maximum Gasteiger partial charge on any atom is 0.0819 e. The minimum atomic E-state index is -0.562. The van der Waals surface area contributed by atoms with E-state index >= 15 is 0 Å². The van der Waals surface area contributed by atoms with Gasteiger partial charge in [-0.25, -0.2) is 0 Å². The van der Waals surface area contributed by atoms with E-state index in [9.17, 15) is 20.4 Å². The average Bonchev–Trinajstić information content (AvgIpc) is 2.58. The van der Waals surface area contributed by atoms with Crippen molar-refractivity contribution in [1.29, 1.82) is 0 Å². The highest BCUT2D eigenvalue weighted by molar-refractivity contribution is 5.29. The van der Waals surface area contributed by atoms with Crippen molar-refractivity contribution in [2.24, 2.45) is 28.6 Å². The van der Waals surface area contributed by atoms with E-state index in [1.807, 2.05) is 6.92 Å². The van der Waals surface area contributed by atoms with Crippen molar-refractivity contribution in [1.82, 2.24) is 0 Å². The Hall–Kier alpha value is -0.680. The number of aliphatic hydroxyl groups excluding tert-OH is 4. The van der Waals surface area contributed by atoms with Gasteiger partial charge in [0, 0.05) is 11.3 Å². The molecule has 0 saturated heterocycles. The van der Waals surface area contributed by atoms with E-state index in [2.05, 4.69) is 19.6 Å². The second-order valence-corrected chi connectivity index (χ2v) is 8.71. The summed E-state index contributed by atoms with van der Waals surface area (Å²) in [6, 6.07) is 0. The summed E-state index contributed by atoms with van der Waals surface area (Å²) in [4.78, 5) is 0. The third kappa shape index (κ3) is 2.42. The van der Waals surface area contributed by atoms with Crippen molar-refractivity contribution in [2.45, 2.75) is 58.2 Å². The minimum absolute atomic E-state index is 0.00316. The van der Waals surface area contributed by atoms with Gasteiger partial charge in [0.15, 0.2) is 0 Å². The normalized spacial score (nSPS) is 48.2. The fourth-order valence-electron chi connectivity index (χ4n) is 5.99. The predicted molar refractivity (Wildman–Crippen MR) is 93.2 cm³/mol. The zero-order chi connectivity index (χ0) is 17.7. The van der Waals surface area contributed by atoms with Crippen LogP contribution in [0.2, 0.25) is 0 Å². The molecule has 7 atom stereocenters. The number of hydrogen-bond acceptors (Lipinski definition) is 4. The fourth-order valence-corrected chi connectivity index (χ4v) is 5.99. The van der Waals surface area contributed by atoms with Crippen molar-refractivity contribution < 1.29 is 20.4 Å². The molecule has 0 unspecified atom stereocenters. The first-order valence-electron chi connectivity index (χ1n) is 9.25. The van der Waals surface area contributed by atoms with Crippen molar-refractivity contribution in [3.05, 3.63) is 23.8 Å². The van der Waals surface area contributed by atoms with E-state index in [-0.39, 0.29) is 36.4 Å². The molecule has 0 bridgehead atoms. The zero-order valence-electron chi connectivity index (χ0n) is 14.9. The summed E-state index contributed by atoms with van der Waals surface area (Å²) >= 11 is 0. The Labute approximate surface area is 144 Å². The molecule has 0 radical (unpaired) electrons. The van der Waals surface area contributed by atoms with Crippen LogP contribution in [0.15, 0.2) is 23.8 Å². The highest BCUT2D eigenvalue weighted by Gasteiger charge is 2.58. The molecule has 0 spiro atoms. The van der Waals surface area contributed by atoms with Crippen LogP contribution in [0.3, 0.4) is 0 Å². The Bertz CT molecular complexity index is 542. The van der Waals surface area contributed by atoms with Gasteiger partial charge in [-0.05, 0) is 60.5 Å². The lowest BCUT2D eigenvalue weighted by Gasteiger charge is -2.60. The molecule has 4 nitrogen and oxygen atoms in total. The molecular weight excluding hydrogens is 304 g/mol. The SMILES string of the molecule is C=C(CO)[C@@H]1CC[C@H]2C(=CC[C@@H]3[C@@](C)(CO)[C@H](O)CC[C@]32C)[C@@H]1O. The van der Waals surface area contributed by atoms with E-state index in [0.717, 1.165) is 31.3 Å². The molecule has 0 aliphatic heterocycles. The van der Waals surface area contributed by atoms with Crippen molar-refractivity contribution in [2.75, 3.05) is 13.2 Å². The molecule has 4 heteroatoms. The minimum Gasteiger partial charge on any atom is -0.396 e. The van der Waals surface area contributed by atoms with Crippen molar-refractivity contribution >= 4 is 0 Å². The number of aliphatic hydroxyl groups is 4. The van der Waals surface area contributed by atoms with E-state index in [0.29, 0.717) is 12.0 Å². The molecule has 3 aliphatic rings. The molecule has 136 valence electrons. The molecule has 0 aromatic rings. The summed E-state index contributed by atoms with van der Waals surface area (Å²) in [6.07, 6.45) is 5.34. The third-order valence-electron chi connectivity index (χ3n) is 7.65. The fraction of sp³-hybridized carbons (Fsp3) is 0.800. The Kier molecular flexibility index (Phi) is 4.71. The maximum absolute atomic E-state index is 10.9. The molecule has 3 aliphatic carbocycles. The summed E-state index contributed by atoms with van der Waals surface area (Å²) in [6.45, 7) is 8.14. The van der Waals surface area contributed by atoms with Crippen LogP contribution in [0, 0.1) is 28.6 Å². The van der Waals surface area contributed by atoms with Crippen LogP contribution in [-0.2, 0) is 0 Å². The topological polar surface area (TPSA) is 80.9 Å². The molecule has 3 rings (SSSR count). The lowest BCUT2D eigenvalue weighted by molar-refractivity contribution is -0.150. The van der Waals surface area contributed by atoms with E-state index in [1.54, 1.807) is 0 Å². The van der Waals surface area contributed by atoms with Gasteiger partial charge in [-0.1, -0.05) is 26.5 Å². The lowest BCUT2D eigenvalue weighted by atomic mass is 9.45. The molecule has 0 aromatic heterocycles. The standard InChI is InChI=1S/C20H32O4/c1-12(10-21)13-4-6-15-14(18(13)24)5-7-16-19(15,2)9-8-17(23)20(16,3)11-22/h5,13,15-18,21-24H,1,4,6-11H2,2-3H3/t13-,15-,16-,17+,18+,19-,20+/m0/s1. The van der Waals surface area contributed by atoms with Gasteiger partial charge in [0.2, 0.25) is 0 Å². The van der Waals surface area contributed by atoms with Crippen LogP contribution < -0.4 is 0 Å². The Morgan fingerprint density at radius 1 is 1.21 bits per heavy atom. The summed E-state index contributed by atoms with van der Waals surface area (Å²) in [5.74, 6) is 0.445. The lowest BCUT2D eigenvalue weighted by Crippen LogP contribution is -2.58. The van der Waals surface area contributed by atoms with E-state index < -0.39 is 17.6 Å². The van der Waals surface area contributed by atoms with Gasteiger partial charge < -0.3 is 20.4 Å². The van der Waals surface area contributed by atoms with Gasteiger partial charge in [0.05, 0.1) is 25.4 Å². The van der Waals surface area contributed by atoms with Crippen molar-refractivity contribution in [3.63, 3.8) is 0 Å². The van der Waals surface area contributed by atoms with Gasteiger partial charge in [-0.2, -0.15) is 0 Å². The van der Waals surface area contributed by atoms with Crippen molar-refractivity contribution in [3.8, 4) is 0 Å². The Morgan fingerprint density at radius 2 is 1.92 bits per heavy atom. The molecule has 0 amide bonds. The van der Waals surface area contributed by atoms with Crippen LogP contribution in [0.25, 0.3) is 0 Å². The van der Waals surface area contributed by atoms with Crippen LogP contribution in [-0.4, -0.2) is 45.8 Å². The molecule has 0 heterocycles. The summed E-state index contributed by atoms with van der Waals surface area (Å²) in [5, 5.41) is 40.8. The first-order chi connectivity index (χ1) is 11.3. The van der Waals surface area contributed by atoms with Crippen LogP contribution >= 0.6 is 0 Å². The quantitative estimate of drug-likeness (QED) is 0.595. The maximum atomic E-state index is 10.9. The first-order valence-corrected chi connectivity index (χ1v) is 9.25. The summed E-state index contributed by atoms with van der Waals surface area (Å²) in [7, 11) is 0. The van der Waals surface area contributed by atoms with E-state index in [4.69, 9.17) is 0 Å². The molecule has 2 saturated carbocycles. The predicted octanol–water partition coefficient (Wildman–Crippen LogP) is 2.03. The first kappa shape index (κ1) is 18.1. The van der Waals surface area contributed by atoms with Crippen LogP contribution in [0.1, 0.15) is 46.0 Å². The van der Waals surface area contributed by atoms with Gasteiger partial charge in [0.25, 0.3) is 0 Å². The third-order valence-corrected chi connectivity index (χ3v) is 7.65. The van der Waals surface area contributed by atoms with Crippen LogP contribution in [0.4, 0.5) is 0 Å². The van der Waals surface area contributed by atoms with Gasteiger partial charge in [-0.3, -0.25) is 0 Å². The monoisotopic (exact) mass is 336 g/mol. The Morgan fingerprint density at radius 3 is 2.54 bits per heavy atom. The van der Waals surface area contributed by atoms with Gasteiger partial charge in [0.1, 0.15) is 0 Å². The van der Waals surface area contributed by atoms with Crippen LogP contribution in [0.5, 0.6) is 0 Å². The highest BCUT2D eigenvalue weighted by Crippen LogP contribution is 2.62. The van der Waals surface area contributed by atoms with Gasteiger partial charge in [-0.15, -0.1) is 0 Å². The second kappa shape index (κ2) is 6.24. The second-order valence-electron chi connectivity index (χ2n) is 8.71. The smallest absolute Gasteiger partial charge is 0.0819 e. The average molecular weight is 336 g/mol. The number of allylic oxidation sites excluding steroid dienone is 1. The Balaban J connectivity index is 1.95. The number of fused-ring (bicyclic) bond motifs is 3. The number of rotatable bonds is 3. The molecule has 24 heavy (non-hydrogen) atoms. The largest absolute Gasteiger partial charge is 0.396 e. The molecule has 0 aromatic carbocycles. The van der Waals surface area contributed by atoms with E-state index in [1.165, 1.54) is 0 Å². The molecule has 4 N–H and O–H groups in total. The summed E-state index contributed by atoms with van der Waals surface area (Å²) < 4.78 is 0. The van der Waals surface area contributed by atoms with Gasteiger partial charge >= 0.3 is 0 Å².